The molecule has 0 spiro atoms. The van der Waals surface area contributed by atoms with Crippen molar-refractivity contribution in [2.24, 2.45) is 0 Å². The molecule has 1 aromatic rings. The number of likely N-dealkylation sites (N-methyl/N-ethyl adjacent to an activating group) is 1. The number of rotatable bonds is 7. The summed E-state index contributed by atoms with van der Waals surface area (Å²) in [6.07, 6.45) is 2.08. The first-order valence-corrected chi connectivity index (χ1v) is 6.66. The molecule has 0 aromatic heterocycles. The average molecular weight is 252 g/mol. The Bertz CT molecular complexity index is 364. The van der Waals surface area contributed by atoms with Crippen molar-refractivity contribution in [2.75, 3.05) is 27.2 Å². The summed E-state index contributed by atoms with van der Waals surface area (Å²) in [5.41, 5.74) is 2.27. The first-order valence-electron chi connectivity index (χ1n) is 6.66. The number of aryl methyl sites for hydroxylation is 1. The quantitative estimate of drug-likeness (QED) is 0.802. The van der Waals surface area contributed by atoms with Crippen molar-refractivity contribution >= 4 is 0 Å². The first-order chi connectivity index (χ1) is 8.52. The van der Waals surface area contributed by atoms with Gasteiger partial charge in [0.15, 0.2) is 0 Å². The lowest BCUT2D eigenvalue weighted by Gasteiger charge is -2.23. The maximum Gasteiger partial charge on any atom is 0.123 e. The van der Waals surface area contributed by atoms with Crippen molar-refractivity contribution in [3.8, 4) is 0 Å². The molecule has 0 aliphatic heterocycles. The van der Waals surface area contributed by atoms with E-state index in [1.807, 2.05) is 13.0 Å². The van der Waals surface area contributed by atoms with Crippen LogP contribution in [0, 0.1) is 12.7 Å². The zero-order chi connectivity index (χ0) is 13.5. The van der Waals surface area contributed by atoms with Crippen molar-refractivity contribution in [3.63, 3.8) is 0 Å². The second-order valence-corrected chi connectivity index (χ2v) is 5.19. The van der Waals surface area contributed by atoms with Crippen LogP contribution in [0.3, 0.4) is 0 Å². The van der Waals surface area contributed by atoms with E-state index in [9.17, 15) is 4.39 Å². The van der Waals surface area contributed by atoms with Gasteiger partial charge in [-0.1, -0.05) is 13.0 Å². The Balaban J connectivity index is 2.68. The van der Waals surface area contributed by atoms with Crippen LogP contribution in [0.1, 0.15) is 24.5 Å². The van der Waals surface area contributed by atoms with Crippen LogP contribution in [-0.4, -0.2) is 38.1 Å². The van der Waals surface area contributed by atoms with Gasteiger partial charge in [-0.05, 0) is 63.7 Å². The van der Waals surface area contributed by atoms with Gasteiger partial charge in [0.25, 0.3) is 0 Å². The van der Waals surface area contributed by atoms with Gasteiger partial charge in [-0.3, -0.25) is 0 Å². The third kappa shape index (κ3) is 5.15. The normalized spacial score (nSPS) is 13.0. The SMILES string of the molecule is CCCNC(Cc1ccc(F)cc1C)CN(C)C. The van der Waals surface area contributed by atoms with Crippen LogP contribution in [0.25, 0.3) is 0 Å². The highest BCUT2D eigenvalue weighted by molar-refractivity contribution is 5.27. The van der Waals surface area contributed by atoms with Gasteiger partial charge in [0.2, 0.25) is 0 Å². The maximum absolute atomic E-state index is 13.1. The topological polar surface area (TPSA) is 15.3 Å². The standard InChI is InChI=1S/C15H25FN2/c1-5-8-17-15(11-18(3)4)10-13-6-7-14(16)9-12(13)2/h6-7,9,15,17H,5,8,10-11H2,1-4H3. The van der Waals surface area contributed by atoms with E-state index in [1.165, 1.54) is 5.56 Å². The predicted molar refractivity (Wildman–Crippen MR) is 75.5 cm³/mol. The van der Waals surface area contributed by atoms with Crippen LogP contribution < -0.4 is 5.32 Å². The molecule has 1 unspecified atom stereocenters. The van der Waals surface area contributed by atoms with Crippen molar-refractivity contribution in [1.82, 2.24) is 10.2 Å². The number of hydrogen-bond donors (Lipinski definition) is 1. The molecule has 1 aromatic carbocycles. The maximum atomic E-state index is 13.1. The highest BCUT2D eigenvalue weighted by Gasteiger charge is 2.11. The molecular formula is C15H25FN2. The van der Waals surface area contributed by atoms with E-state index in [1.54, 1.807) is 12.1 Å². The lowest BCUT2D eigenvalue weighted by atomic mass is 10.0. The first kappa shape index (κ1) is 15.1. The minimum atomic E-state index is -0.151. The minimum Gasteiger partial charge on any atom is -0.312 e. The average Bonchev–Trinajstić information content (AvgIpc) is 2.29. The van der Waals surface area contributed by atoms with Crippen molar-refractivity contribution in [1.29, 1.82) is 0 Å². The summed E-state index contributed by atoms with van der Waals surface area (Å²) in [5, 5.41) is 3.56. The van der Waals surface area contributed by atoms with Gasteiger partial charge in [0.1, 0.15) is 5.82 Å². The monoisotopic (exact) mass is 252 g/mol. The Labute approximate surface area is 110 Å². The van der Waals surface area contributed by atoms with Gasteiger partial charge in [0.05, 0.1) is 0 Å². The van der Waals surface area contributed by atoms with E-state index in [0.717, 1.165) is 31.5 Å². The molecule has 0 aliphatic rings. The molecule has 1 N–H and O–H groups in total. The van der Waals surface area contributed by atoms with Gasteiger partial charge in [0, 0.05) is 12.6 Å². The third-order valence-corrected chi connectivity index (χ3v) is 3.04. The summed E-state index contributed by atoms with van der Waals surface area (Å²) in [7, 11) is 4.16. The highest BCUT2D eigenvalue weighted by atomic mass is 19.1. The Morgan fingerprint density at radius 2 is 2.06 bits per heavy atom. The van der Waals surface area contributed by atoms with Gasteiger partial charge in [-0.15, -0.1) is 0 Å². The van der Waals surface area contributed by atoms with Crippen LogP contribution >= 0.6 is 0 Å². The van der Waals surface area contributed by atoms with E-state index in [4.69, 9.17) is 0 Å². The Morgan fingerprint density at radius 1 is 1.33 bits per heavy atom. The molecule has 0 aliphatic carbocycles. The number of hydrogen-bond acceptors (Lipinski definition) is 2. The summed E-state index contributed by atoms with van der Waals surface area (Å²) in [4.78, 5) is 2.19. The largest absolute Gasteiger partial charge is 0.312 e. The van der Waals surface area contributed by atoms with Gasteiger partial charge >= 0.3 is 0 Å². The summed E-state index contributed by atoms with van der Waals surface area (Å²) < 4.78 is 13.1. The lowest BCUT2D eigenvalue weighted by Crippen LogP contribution is -2.40. The number of nitrogens with zero attached hydrogens (tertiary/aromatic N) is 1. The minimum absolute atomic E-state index is 0.151. The van der Waals surface area contributed by atoms with E-state index in [2.05, 4.69) is 31.2 Å². The fourth-order valence-electron chi connectivity index (χ4n) is 2.14. The summed E-state index contributed by atoms with van der Waals surface area (Å²) in [6, 6.07) is 5.49. The molecule has 3 heteroatoms. The van der Waals surface area contributed by atoms with Gasteiger partial charge in [-0.2, -0.15) is 0 Å². The summed E-state index contributed by atoms with van der Waals surface area (Å²) in [5.74, 6) is -0.151. The third-order valence-electron chi connectivity index (χ3n) is 3.04. The fourth-order valence-corrected chi connectivity index (χ4v) is 2.14. The molecule has 0 heterocycles. The van der Waals surface area contributed by atoms with E-state index >= 15 is 0 Å². The fraction of sp³-hybridized carbons (Fsp3) is 0.600. The van der Waals surface area contributed by atoms with E-state index < -0.39 is 0 Å². The molecule has 0 saturated heterocycles. The molecule has 2 nitrogen and oxygen atoms in total. The van der Waals surface area contributed by atoms with Crippen molar-refractivity contribution < 1.29 is 4.39 Å². The smallest absolute Gasteiger partial charge is 0.123 e. The van der Waals surface area contributed by atoms with E-state index in [-0.39, 0.29) is 5.82 Å². The number of benzene rings is 1. The van der Waals surface area contributed by atoms with Gasteiger partial charge < -0.3 is 10.2 Å². The molecule has 0 saturated carbocycles. The lowest BCUT2D eigenvalue weighted by molar-refractivity contribution is 0.335. The second kappa shape index (κ2) is 7.49. The zero-order valence-corrected chi connectivity index (χ0v) is 12.0. The molecule has 0 radical (unpaired) electrons. The van der Waals surface area contributed by atoms with Crippen molar-refractivity contribution in [3.05, 3.63) is 35.1 Å². The Hall–Kier alpha value is -0.930. The molecule has 0 amide bonds. The summed E-state index contributed by atoms with van der Waals surface area (Å²) in [6.45, 7) is 6.17. The summed E-state index contributed by atoms with van der Waals surface area (Å²) >= 11 is 0. The second-order valence-electron chi connectivity index (χ2n) is 5.19. The molecular weight excluding hydrogens is 227 g/mol. The zero-order valence-electron chi connectivity index (χ0n) is 12.0. The Kier molecular flexibility index (Phi) is 6.30. The van der Waals surface area contributed by atoms with Crippen molar-refractivity contribution in [2.45, 2.75) is 32.7 Å². The number of halogens is 1. The van der Waals surface area contributed by atoms with Crippen LogP contribution in [0.2, 0.25) is 0 Å². The molecule has 18 heavy (non-hydrogen) atoms. The molecule has 102 valence electrons. The van der Waals surface area contributed by atoms with Crippen LogP contribution in [0.4, 0.5) is 4.39 Å². The molecule has 1 rings (SSSR count). The van der Waals surface area contributed by atoms with Crippen LogP contribution in [-0.2, 0) is 6.42 Å². The van der Waals surface area contributed by atoms with E-state index in [0.29, 0.717) is 6.04 Å². The molecule has 0 bridgehead atoms. The van der Waals surface area contributed by atoms with Crippen LogP contribution in [0.5, 0.6) is 0 Å². The predicted octanol–water partition coefficient (Wildman–Crippen LogP) is 2.61. The molecule has 0 fully saturated rings. The highest BCUT2D eigenvalue weighted by Crippen LogP contribution is 2.12. The number of nitrogens with one attached hydrogen (secondary N) is 1. The van der Waals surface area contributed by atoms with Crippen LogP contribution in [0.15, 0.2) is 18.2 Å². The van der Waals surface area contributed by atoms with Gasteiger partial charge in [-0.25, -0.2) is 4.39 Å². The molecule has 1 atom stereocenters. The Morgan fingerprint density at radius 3 is 2.61 bits per heavy atom.